The van der Waals surface area contributed by atoms with E-state index in [1.807, 2.05) is 22.7 Å². The average Bonchev–Trinajstić information content (AvgIpc) is 3.89. The van der Waals surface area contributed by atoms with Crippen LogP contribution in [0.3, 0.4) is 0 Å². The van der Waals surface area contributed by atoms with Crippen LogP contribution in [0.4, 0.5) is 17.1 Å². The molecule has 0 spiro atoms. The number of hydrogen-bond donors (Lipinski definition) is 0. The maximum atomic E-state index is 6.49. The summed E-state index contributed by atoms with van der Waals surface area (Å²) < 4.78 is 11.8. The molecule has 4 heteroatoms. The van der Waals surface area contributed by atoms with Crippen molar-refractivity contribution < 1.29 is 4.42 Å². The summed E-state index contributed by atoms with van der Waals surface area (Å²) in [6.45, 7) is 0. The number of para-hydroxylation sites is 2. The highest BCUT2D eigenvalue weighted by Gasteiger charge is 2.20. The lowest BCUT2D eigenvalue weighted by Crippen LogP contribution is -2.09. The largest absolute Gasteiger partial charge is 0.456 e. The highest BCUT2D eigenvalue weighted by Crippen LogP contribution is 2.45. The second-order valence-electron chi connectivity index (χ2n) is 13.3. The molecule has 0 aliphatic carbocycles. The van der Waals surface area contributed by atoms with Crippen LogP contribution in [0.1, 0.15) is 0 Å². The van der Waals surface area contributed by atoms with Crippen molar-refractivity contribution in [2.24, 2.45) is 0 Å². The predicted octanol–water partition coefficient (Wildman–Crippen LogP) is 15.1. The van der Waals surface area contributed by atoms with Crippen molar-refractivity contribution in [1.82, 2.24) is 0 Å². The van der Waals surface area contributed by atoms with Gasteiger partial charge in [-0.15, -0.1) is 22.7 Å². The molecule has 0 saturated carbocycles. The van der Waals surface area contributed by atoms with Crippen LogP contribution in [0, 0.1) is 0 Å². The summed E-state index contributed by atoms with van der Waals surface area (Å²) in [5, 5.41) is 7.48. The average molecular weight is 700 g/mol. The Bertz CT molecular complexity index is 3090. The zero-order valence-corrected chi connectivity index (χ0v) is 29.5. The van der Waals surface area contributed by atoms with Gasteiger partial charge in [0.25, 0.3) is 0 Å². The fraction of sp³-hybridized carbons (Fsp3) is 0. The van der Waals surface area contributed by atoms with Crippen molar-refractivity contribution in [3.63, 3.8) is 0 Å². The number of furan rings is 1. The fourth-order valence-electron chi connectivity index (χ4n) is 7.85. The quantitative estimate of drug-likeness (QED) is 0.178. The standard InChI is InChI=1S/C48H29NOS2/c1-3-11-33(12-4-1)49(34-13-5-2-6-14-34)41-18-10-19-43-47(41)40-28-30(22-25-42(40)50-43)31-23-26-45-39(27-31)37-24-21-32(29-46(37)51-45)35-16-9-17-38-36-15-7-8-20-44(36)52-48(35)38/h1-29H. The first-order chi connectivity index (χ1) is 25.8. The third-order valence-corrected chi connectivity index (χ3v) is 12.6. The van der Waals surface area contributed by atoms with Crippen molar-refractivity contribution >= 4 is 102 Å². The monoisotopic (exact) mass is 699 g/mol. The summed E-state index contributed by atoms with van der Waals surface area (Å²) >= 11 is 3.76. The summed E-state index contributed by atoms with van der Waals surface area (Å²) in [4.78, 5) is 2.32. The Morgan fingerprint density at radius 2 is 1.04 bits per heavy atom. The van der Waals surface area contributed by atoms with E-state index in [-0.39, 0.29) is 0 Å². The number of benzene rings is 8. The molecule has 244 valence electrons. The zero-order chi connectivity index (χ0) is 34.2. The second-order valence-corrected chi connectivity index (χ2v) is 15.4. The lowest BCUT2D eigenvalue weighted by molar-refractivity contribution is 0.669. The van der Waals surface area contributed by atoms with E-state index in [1.54, 1.807) is 0 Å². The molecule has 3 heterocycles. The van der Waals surface area contributed by atoms with E-state index in [4.69, 9.17) is 4.42 Å². The van der Waals surface area contributed by atoms with E-state index in [0.717, 1.165) is 39.0 Å². The smallest absolute Gasteiger partial charge is 0.137 e. The fourth-order valence-corrected chi connectivity index (χ4v) is 10.2. The van der Waals surface area contributed by atoms with Crippen LogP contribution >= 0.6 is 22.7 Å². The van der Waals surface area contributed by atoms with Crippen LogP contribution in [-0.4, -0.2) is 0 Å². The van der Waals surface area contributed by atoms with E-state index in [1.165, 1.54) is 62.6 Å². The lowest BCUT2D eigenvalue weighted by Gasteiger charge is -2.26. The SMILES string of the molecule is c1ccc(N(c2ccccc2)c2cccc3oc4ccc(-c5ccc6sc7cc(-c8cccc9c8sc8ccccc89)ccc7c6c5)cc4c23)cc1. The highest BCUT2D eigenvalue weighted by molar-refractivity contribution is 7.26. The van der Waals surface area contributed by atoms with E-state index < -0.39 is 0 Å². The van der Waals surface area contributed by atoms with Gasteiger partial charge >= 0.3 is 0 Å². The minimum atomic E-state index is 0.878. The van der Waals surface area contributed by atoms with E-state index >= 15 is 0 Å². The van der Waals surface area contributed by atoms with E-state index in [9.17, 15) is 0 Å². The Morgan fingerprint density at radius 1 is 0.385 bits per heavy atom. The normalized spacial score (nSPS) is 11.8. The Morgan fingerprint density at radius 3 is 1.87 bits per heavy atom. The molecule has 11 aromatic rings. The maximum absolute atomic E-state index is 6.49. The molecule has 0 amide bonds. The molecule has 0 radical (unpaired) electrons. The van der Waals surface area contributed by atoms with Crippen LogP contribution in [-0.2, 0) is 0 Å². The van der Waals surface area contributed by atoms with Gasteiger partial charge in [0.1, 0.15) is 11.2 Å². The molecule has 0 N–H and O–H groups in total. The van der Waals surface area contributed by atoms with Crippen LogP contribution in [0.15, 0.2) is 180 Å². The lowest BCUT2D eigenvalue weighted by atomic mass is 9.99. The molecule has 3 aromatic heterocycles. The van der Waals surface area contributed by atoms with Crippen molar-refractivity contribution in [2.75, 3.05) is 4.90 Å². The Labute approximate surface area is 308 Å². The van der Waals surface area contributed by atoms with Gasteiger partial charge in [-0.25, -0.2) is 0 Å². The van der Waals surface area contributed by atoms with Crippen LogP contribution in [0.2, 0.25) is 0 Å². The third kappa shape index (κ3) is 4.62. The van der Waals surface area contributed by atoms with Gasteiger partial charge in [-0.3, -0.25) is 0 Å². The Balaban J connectivity index is 1.04. The molecule has 0 bridgehead atoms. The van der Waals surface area contributed by atoms with Gasteiger partial charge < -0.3 is 9.32 Å². The molecule has 0 saturated heterocycles. The molecule has 52 heavy (non-hydrogen) atoms. The van der Waals surface area contributed by atoms with Crippen LogP contribution in [0.5, 0.6) is 0 Å². The van der Waals surface area contributed by atoms with Gasteiger partial charge in [0, 0.05) is 57.1 Å². The van der Waals surface area contributed by atoms with Gasteiger partial charge in [0.05, 0.1) is 11.1 Å². The first-order valence-corrected chi connectivity index (χ1v) is 19.1. The summed E-state index contributed by atoms with van der Waals surface area (Å²) in [7, 11) is 0. The van der Waals surface area contributed by atoms with Gasteiger partial charge in [-0.1, -0.05) is 103 Å². The van der Waals surface area contributed by atoms with Crippen LogP contribution < -0.4 is 4.90 Å². The molecule has 0 fully saturated rings. The van der Waals surface area contributed by atoms with Gasteiger partial charge in [0.15, 0.2) is 0 Å². The summed E-state index contributed by atoms with van der Waals surface area (Å²) in [5.74, 6) is 0. The number of anilines is 3. The minimum Gasteiger partial charge on any atom is -0.456 e. The summed E-state index contributed by atoms with van der Waals surface area (Å²) in [6.07, 6.45) is 0. The van der Waals surface area contributed by atoms with Crippen molar-refractivity contribution in [1.29, 1.82) is 0 Å². The minimum absolute atomic E-state index is 0.878. The topological polar surface area (TPSA) is 16.4 Å². The summed E-state index contributed by atoms with van der Waals surface area (Å²) in [6, 6.07) is 63.5. The molecular formula is C48H29NOS2. The van der Waals surface area contributed by atoms with E-state index in [0.29, 0.717) is 0 Å². The third-order valence-electron chi connectivity index (χ3n) is 10.3. The predicted molar refractivity (Wildman–Crippen MR) is 225 cm³/mol. The Hall–Kier alpha value is -6.20. The van der Waals surface area contributed by atoms with Gasteiger partial charge in [-0.05, 0) is 95.1 Å². The molecule has 0 aliphatic heterocycles. The number of hydrogen-bond acceptors (Lipinski definition) is 4. The van der Waals surface area contributed by atoms with Crippen molar-refractivity contribution in [2.45, 2.75) is 0 Å². The van der Waals surface area contributed by atoms with Crippen molar-refractivity contribution in [3.05, 3.63) is 176 Å². The molecule has 8 aromatic carbocycles. The molecule has 0 unspecified atom stereocenters. The number of rotatable bonds is 5. The second kappa shape index (κ2) is 11.7. The first-order valence-electron chi connectivity index (χ1n) is 17.5. The molecule has 0 atom stereocenters. The molecule has 2 nitrogen and oxygen atoms in total. The number of fused-ring (bicyclic) bond motifs is 9. The van der Waals surface area contributed by atoms with Gasteiger partial charge in [-0.2, -0.15) is 0 Å². The summed E-state index contributed by atoms with van der Waals surface area (Å²) in [5.41, 5.74) is 10.00. The van der Waals surface area contributed by atoms with Crippen LogP contribution in [0.25, 0.3) is 84.5 Å². The molecular weight excluding hydrogens is 671 g/mol. The number of thiophene rings is 2. The number of nitrogens with zero attached hydrogens (tertiary/aromatic N) is 1. The maximum Gasteiger partial charge on any atom is 0.137 e. The van der Waals surface area contributed by atoms with Gasteiger partial charge in [0.2, 0.25) is 0 Å². The van der Waals surface area contributed by atoms with E-state index in [2.05, 4.69) is 181 Å². The highest BCUT2D eigenvalue weighted by atomic mass is 32.1. The molecule has 0 aliphatic rings. The van der Waals surface area contributed by atoms with Crippen molar-refractivity contribution in [3.8, 4) is 22.3 Å². The zero-order valence-electron chi connectivity index (χ0n) is 27.9. The Kier molecular flexibility index (Phi) is 6.63. The molecule has 11 rings (SSSR count). The first kappa shape index (κ1) is 29.5.